The van der Waals surface area contributed by atoms with Gasteiger partial charge in [0.05, 0.1) is 0 Å². The summed E-state index contributed by atoms with van der Waals surface area (Å²) in [6, 6.07) is 65.6. The molecule has 0 spiro atoms. The van der Waals surface area contributed by atoms with Crippen molar-refractivity contribution in [1.82, 2.24) is 0 Å². The second-order valence-corrected chi connectivity index (χ2v) is 14.4. The average Bonchev–Trinajstić information content (AvgIpc) is 3.78. The summed E-state index contributed by atoms with van der Waals surface area (Å²) in [5.74, 6) is 0. The summed E-state index contributed by atoms with van der Waals surface area (Å²) >= 11 is 0. The monoisotopic (exact) mass is 686 g/mol. The number of fused-ring (bicyclic) bond motifs is 10. The van der Waals surface area contributed by atoms with Crippen LogP contribution >= 0.6 is 0 Å². The van der Waals surface area contributed by atoms with Gasteiger partial charge in [-0.05, 0) is 101 Å². The molecule has 0 atom stereocenters. The van der Waals surface area contributed by atoms with Crippen LogP contribution in [-0.2, 0) is 0 Å². The molecule has 0 saturated carbocycles. The first kappa shape index (κ1) is 29.4. The zero-order chi connectivity index (χ0) is 35.3. The Morgan fingerprint density at radius 2 is 0.759 bits per heavy atom. The van der Waals surface area contributed by atoms with Gasteiger partial charge in [-0.3, -0.25) is 0 Å². The standard InChI is InChI=1S/C52H30O2/c1-2-12-34-27-37(26-21-31(34)11-1)49-40-17-7-5-15-38(40)48(39-16-6-8-18-41(39)49)32-22-24-33(25-23-32)50-51-42-19-9-10-20-45(42)53-47(51)30-44-43-28-35-13-3-4-14-36(35)29-46(43)54-52(44)50/h1-30H. The van der Waals surface area contributed by atoms with E-state index in [2.05, 4.69) is 170 Å². The van der Waals surface area contributed by atoms with Gasteiger partial charge in [-0.25, -0.2) is 0 Å². The summed E-state index contributed by atoms with van der Waals surface area (Å²) in [6.07, 6.45) is 0. The summed E-state index contributed by atoms with van der Waals surface area (Å²) in [6.45, 7) is 0. The Hall–Kier alpha value is -7.16. The molecular formula is C52H30O2. The molecule has 0 radical (unpaired) electrons. The van der Waals surface area contributed by atoms with Gasteiger partial charge in [0.1, 0.15) is 22.3 Å². The third-order valence-electron chi connectivity index (χ3n) is 11.4. The molecule has 2 aromatic heterocycles. The van der Waals surface area contributed by atoms with Crippen LogP contribution in [0.3, 0.4) is 0 Å². The summed E-state index contributed by atoms with van der Waals surface area (Å²) in [5, 5.41) is 14.1. The lowest BCUT2D eigenvalue weighted by Crippen LogP contribution is -1.91. The molecule has 54 heavy (non-hydrogen) atoms. The summed E-state index contributed by atoms with van der Waals surface area (Å²) in [5.41, 5.74) is 10.5. The van der Waals surface area contributed by atoms with E-state index >= 15 is 0 Å². The molecule has 2 nitrogen and oxygen atoms in total. The molecule has 0 aliphatic carbocycles. The van der Waals surface area contributed by atoms with Crippen molar-refractivity contribution < 1.29 is 8.83 Å². The van der Waals surface area contributed by atoms with E-state index in [1.807, 2.05) is 12.1 Å². The first-order valence-corrected chi connectivity index (χ1v) is 18.5. The number of para-hydroxylation sites is 1. The van der Waals surface area contributed by atoms with Crippen molar-refractivity contribution in [3.05, 3.63) is 182 Å². The van der Waals surface area contributed by atoms with Gasteiger partial charge >= 0.3 is 0 Å². The smallest absolute Gasteiger partial charge is 0.144 e. The molecule has 2 heterocycles. The number of hydrogen-bond acceptors (Lipinski definition) is 2. The minimum atomic E-state index is 0.861. The lowest BCUT2D eigenvalue weighted by atomic mass is 9.85. The van der Waals surface area contributed by atoms with E-state index in [4.69, 9.17) is 8.83 Å². The van der Waals surface area contributed by atoms with Crippen LogP contribution in [0.5, 0.6) is 0 Å². The van der Waals surface area contributed by atoms with Crippen LogP contribution in [0.15, 0.2) is 191 Å². The molecule has 0 fully saturated rings. The molecule has 2 heteroatoms. The lowest BCUT2D eigenvalue weighted by molar-refractivity contribution is 0.665. The number of rotatable bonds is 3. The molecule has 10 aromatic carbocycles. The van der Waals surface area contributed by atoms with Gasteiger partial charge < -0.3 is 8.83 Å². The fourth-order valence-electron chi connectivity index (χ4n) is 8.97. The molecule has 0 saturated heterocycles. The maximum absolute atomic E-state index is 6.84. The molecule has 12 aromatic rings. The number of furan rings is 2. The molecule has 250 valence electrons. The zero-order valence-electron chi connectivity index (χ0n) is 29.1. The van der Waals surface area contributed by atoms with E-state index in [1.54, 1.807) is 0 Å². The summed E-state index contributed by atoms with van der Waals surface area (Å²) in [4.78, 5) is 0. The van der Waals surface area contributed by atoms with Crippen molar-refractivity contribution in [3.8, 4) is 33.4 Å². The van der Waals surface area contributed by atoms with Crippen LogP contribution in [-0.4, -0.2) is 0 Å². The SMILES string of the molecule is c1ccc2cc(-c3c4ccccc4c(-c4ccc(-c5c6oc7cc8ccccc8cc7c6cc6oc7ccccc7c56)cc4)c4ccccc34)ccc2c1. The van der Waals surface area contributed by atoms with E-state index in [9.17, 15) is 0 Å². The van der Waals surface area contributed by atoms with Crippen LogP contribution in [0, 0.1) is 0 Å². The van der Waals surface area contributed by atoms with Crippen molar-refractivity contribution in [2.24, 2.45) is 0 Å². The van der Waals surface area contributed by atoms with Gasteiger partial charge in [0.25, 0.3) is 0 Å². The molecule has 0 amide bonds. The van der Waals surface area contributed by atoms with Crippen molar-refractivity contribution in [2.45, 2.75) is 0 Å². The average molecular weight is 687 g/mol. The van der Waals surface area contributed by atoms with Gasteiger partial charge in [0.15, 0.2) is 0 Å². The fourth-order valence-corrected chi connectivity index (χ4v) is 8.97. The predicted octanol–water partition coefficient (Wildman–Crippen LogP) is 15.1. The first-order chi connectivity index (χ1) is 26.8. The maximum Gasteiger partial charge on any atom is 0.144 e. The summed E-state index contributed by atoms with van der Waals surface area (Å²) in [7, 11) is 0. The number of hydrogen-bond donors (Lipinski definition) is 0. The topological polar surface area (TPSA) is 26.3 Å². The molecular weight excluding hydrogens is 657 g/mol. The Balaban J connectivity index is 1.10. The van der Waals surface area contributed by atoms with E-state index < -0.39 is 0 Å². The first-order valence-electron chi connectivity index (χ1n) is 18.5. The zero-order valence-corrected chi connectivity index (χ0v) is 29.1. The minimum absolute atomic E-state index is 0.861. The van der Waals surface area contributed by atoms with Crippen LogP contribution in [0.2, 0.25) is 0 Å². The molecule has 0 aliphatic rings. The highest BCUT2D eigenvalue weighted by molar-refractivity contribution is 6.25. The Bertz CT molecular complexity index is 3430. The van der Waals surface area contributed by atoms with Crippen LogP contribution in [0.4, 0.5) is 0 Å². The Kier molecular flexibility index (Phi) is 6.09. The third-order valence-corrected chi connectivity index (χ3v) is 11.4. The largest absolute Gasteiger partial charge is 0.456 e. The van der Waals surface area contributed by atoms with Crippen LogP contribution < -0.4 is 0 Å². The Labute approximate surface area is 310 Å². The van der Waals surface area contributed by atoms with Gasteiger partial charge in [0, 0.05) is 27.1 Å². The summed E-state index contributed by atoms with van der Waals surface area (Å²) < 4.78 is 13.4. The highest BCUT2D eigenvalue weighted by Crippen LogP contribution is 2.47. The van der Waals surface area contributed by atoms with Crippen molar-refractivity contribution in [1.29, 1.82) is 0 Å². The molecule has 0 aliphatic heterocycles. The van der Waals surface area contributed by atoms with Gasteiger partial charge in [-0.15, -0.1) is 0 Å². The lowest BCUT2D eigenvalue weighted by Gasteiger charge is -2.18. The van der Waals surface area contributed by atoms with Crippen LogP contribution in [0.25, 0.3) is 120 Å². The minimum Gasteiger partial charge on any atom is -0.456 e. The molecule has 0 N–H and O–H groups in total. The highest BCUT2D eigenvalue weighted by Gasteiger charge is 2.22. The van der Waals surface area contributed by atoms with E-state index in [0.717, 1.165) is 60.4 Å². The quantitative estimate of drug-likeness (QED) is 0.173. The second-order valence-electron chi connectivity index (χ2n) is 14.4. The Morgan fingerprint density at radius 1 is 0.259 bits per heavy atom. The molecule has 12 rings (SSSR count). The van der Waals surface area contributed by atoms with Gasteiger partial charge in [0.2, 0.25) is 0 Å². The van der Waals surface area contributed by atoms with Crippen molar-refractivity contribution >= 4 is 87.0 Å². The second kappa shape index (κ2) is 11.2. The fraction of sp³-hybridized carbons (Fsp3) is 0. The van der Waals surface area contributed by atoms with Crippen LogP contribution in [0.1, 0.15) is 0 Å². The number of benzene rings is 10. The molecule has 0 bridgehead atoms. The van der Waals surface area contributed by atoms with Gasteiger partial charge in [-0.2, -0.15) is 0 Å². The molecule has 0 unspecified atom stereocenters. The normalized spacial score (nSPS) is 12.1. The highest BCUT2D eigenvalue weighted by atomic mass is 16.3. The van der Waals surface area contributed by atoms with Gasteiger partial charge in [-0.1, -0.05) is 152 Å². The maximum atomic E-state index is 6.84. The van der Waals surface area contributed by atoms with E-state index in [-0.39, 0.29) is 0 Å². The third kappa shape index (κ3) is 4.22. The van der Waals surface area contributed by atoms with Crippen molar-refractivity contribution in [2.75, 3.05) is 0 Å². The van der Waals surface area contributed by atoms with E-state index in [1.165, 1.54) is 60.0 Å². The predicted molar refractivity (Wildman–Crippen MR) is 227 cm³/mol. The Morgan fingerprint density at radius 3 is 1.43 bits per heavy atom. The van der Waals surface area contributed by atoms with Crippen molar-refractivity contribution in [3.63, 3.8) is 0 Å². The van der Waals surface area contributed by atoms with E-state index in [0.29, 0.717) is 0 Å².